The summed E-state index contributed by atoms with van der Waals surface area (Å²) >= 11 is 0. The first-order chi connectivity index (χ1) is 5.75. The summed E-state index contributed by atoms with van der Waals surface area (Å²) in [6.45, 7) is 1.77. The molecule has 0 radical (unpaired) electrons. The van der Waals surface area contributed by atoms with E-state index in [1.807, 2.05) is 0 Å². The Morgan fingerprint density at radius 3 is 2.83 bits per heavy atom. The third-order valence-corrected chi connectivity index (χ3v) is 1.85. The summed E-state index contributed by atoms with van der Waals surface area (Å²) in [6.07, 6.45) is 2.64. The van der Waals surface area contributed by atoms with E-state index in [2.05, 4.69) is 4.98 Å². The zero-order valence-corrected chi connectivity index (χ0v) is 7.01. The van der Waals surface area contributed by atoms with E-state index in [1.54, 1.807) is 31.5 Å². The van der Waals surface area contributed by atoms with Crippen LogP contribution in [0.1, 0.15) is 18.6 Å². The molecule has 0 bridgehead atoms. The largest absolute Gasteiger partial charge is 0.396 e. The highest BCUT2D eigenvalue weighted by Crippen LogP contribution is 2.19. The van der Waals surface area contributed by atoms with Crippen molar-refractivity contribution in [2.75, 3.05) is 6.61 Å². The number of hydrogen-bond donors (Lipinski definition) is 2. The van der Waals surface area contributed by atoms with Crippen molar-refractivity contribution in [3.8, 4) is 0 Å². The lowest BCUT2D eigenvalue weighted by Gasteiger charge is -2.15. The summed E-state index contributed by atoms with van der Waals surface area (Å²) in [5, 5.41) is 18.4. The van der Waals surface area contributed by atoms with Crippen LogP contribution in [0, 0.1) is 5.92 Å². The molecule has 66 valence electrons. The average Bonchev–Trinajstić information content (AvgIpc) is 2.17. The summed E-state index contributed by atoms with van der Waals surface area (Å²) in [5.41, 5.74) is 0.749. The average molecular weight is 167 g/mol. The molecule has 0 aromatic carbocycles. The Kier molecular flexibility index (Phi) is 3.19. The van der Waals surface area contributed by atoms with Gasteiger partial charge < -0.3 is 10.2 Å². The van der Waals surface area contributed by atoms with E-state index < -0.39 is 6.10 Å². The Morgan fingerprint density at radius 2 is 2.33 bits per heavy atom. The standard InChI is InChI=1S/C9H13NO2/c1-7(6-11)9(12)8-3-2-4-10-5-8/h2-5,7,9,11-12H,6H2,1H3. The molecule has 0 saturated heterocycles. The van der Waals surface area contributed by atoms with Crippen LogP contribution in [0.2, 0.25) is 0 Å². The minimum Gasteiger partial charge on any atom is -0.396 e. The van der Waals surface area contributed by atoms with Crippen LogP contribution in [0.3, 0.4) is 0 Å². The van der Waals surface area contributed by atoms with Crippen LogP contribution in [-0.4, -0.2) is 21.8 Å². The highest BCUT2D eigenvalue weighted by Gasteiger charge is 2.14. The maximum Gasteiger partial charge on any atom is 0.0852 e. The van der Waals surface area contributed by atoms with Crippen molar-refractivity contribution in [3.05, 3.63) is 30.1 Å². The molecular formula is C9H13NO2. The molecule has 2 unspecified atom stereocenters. The molecule has 2 atom stereocenters. The normalized spacial score (nSPS) is 15.6. The Bertz CT molecular complexity index is 225. The van der Waals surface area contributed by atoms with Gasteiger partial charge in [-0.15, -0.1) is 0 Å². The number of nitrogens with zero attached hydrogens (tertiary/aromatic N) is 1. The molecule has 0 aliphatic carbocycles. The van der Waals surface area contributed by atoms with Gasteiger partial charge in [0.2, 0.25) is 0 Å². The van der Waals surface area contributed by atoms with Crippen LogP contribution in [0.25, 0.3) is 0 Å². The van der Waals surface area contributed by atoms with Gasteiger partial charge in [-0.3, -0.25) is 4.98 Å². The highest BCUT2D eigenvalue weighted by atomic mass is 16.3. The van der Waals surface area contributed by atoms with Crippen molar-refractivity contribution in [1.29, 1.82) is 0 Å². The molecule has 3 heteroatoms. The third-order valence-electron chi connectivity index (χ3n) is 1.85. The van der Waals surface area contributed by atoms with E-state index in [1.165, 1.54) is 0 Å². The van der Waals surface area contributed by atoms with Gasteiger partial charge in [0.25, 0.3) is 0 Å². The molecule has 2 N–H and O–H groups in total. The monoisotopic (exact) mass is 167 g/mol. The second kappa shape index (κ2) is 4.18. The second-order valence-electron chi connectivity index (χ2n) is 2.89. The van der Waals surface area contributed by atoms with Gasteiger partial charge >= 0.3 is 0 Å². The van der Waals surface area contributed by atoms with Crippen LogP contribution >= 0.6 is 0 Å². The predicted octanol–water partition coefficient (Wildman–Crippen LogP) is 0.743. The van der Waals surface area contributed by atoms with Gasteiger partial charge in [-0.1, -0.05) is 13.0 Å². The molecule has 0 fully saturated rings. The number of aliphatic hydroxyl groups excluding tert-OH is 2. The van der Waals surface area contributed by atoms with Gasteiger partial charge in [-0.05, 0) is 11.6 Å². The van der Waals surface area contributed by atoms with E-state index in [-0.39, 0.29) is 12.5 Å². The van der Waals surface area contributed by atoms with Crippen molar-refractivity contribution in [1.82, 2.24) is 4.98 Å². The van der Waals surface area contributed by atoms with Crippen LogP contribution in [-0.2, 0) is 0 Å². The molecule has 1 heterocycles. The first kappa shape index (κ1) is 9.16. The molecule has 3 nitrogen and oxygen atoms in total. The number of pyridine rings is 1. The van der Waals surface area contributed by atoms with Crippen LogP contribution in [0.4, 0.5) is 0 Å². The Balaban J connectivity index is 2.71. The van der Waals surface area contributed by atoms with E-state index in [4.69, 9.17) is 5.11 Å². The molecule has 1 rings (SSSR count). The smallest absolute Gasteiger partial charge is 0.0852 e. The number of aromatic nitrogens is 1. The lowest BCUT2D eigenvalue weighted by Crippen LogP contribution is -2.12. The maximum absolute atomic E-state index is 9.59. The summed E-state index contributed by atoms with van der Waals surface area (Å²) in [4.78, 5) is 3.88. The van der Waals surface area contributed by atoms with Gasteiger partial charge in [0.05, 0.1) is 6.10 Å². The van der Waals surface area contributed by atoms with E-state index in [0.717, 1.165) is 5.56 Å². The van der Waals surface area contributed by atoms with Gasteiger partial charge in [0.1, 0.15) is 0 Å². The summed E-state index contributed by atoms with van der Waals surface area (Å²) in [5.74, 6) is -0.144. The fourth-order valence-electron chi connectivity index (χ4n) is 0.979. The van der Waals surface area contributed by atoms with Gasteiger partial charge in [0.15, 0.2) is 0 Å². The molecule has 1 aromatic rings. The molecular weight excluding hydrogens is 154 g/mol. The molecule has 0 aliphatic heterocycles. The lowest BCUT2D eigenvalue weighted by molar-refractivity contribution is 0.0768. The topological polar surface area (TPSA) is 53.4 Å². The highest BCUT2D eigenvalue weighted by molar-refractivity contribution is 5.12. The zero-order chi connectivity index (χ0) is 8.97. The van der Waals surface area contributed by atoms with Crippen molar-refractivity contribution in [2.45, 2.75) is 13.0 Å². The number of aliphatic hydroxyl groups is 2. The minimum atomic E-state index is -0.622. The van der Waals surface area contributed by atoms with Gasteiger partial charge in [-0.25, -0.2) is 0 Å². The van der Waals surface area contributed by atoms with Gasteiger partial charge in [-0.2, -0.15) is 0 Å². The Hall–Kier alpha value is -0.930. The van der Waals surface area contributed by atoms with Crippen molar-refractivity contribution >= 4 is 0 Å². The van der Waals surface area contributed by atoms with Crippen LogP contribution in [0.15, 0.2) is 24.5 Å². The molecule has 0 aliphatic rings. The fraction of sp³-hybridized carbons (Fsp3) is 0.444. The fourth-order valence-corrected chi connectivity index (χ4v) is 0.979. The van der Waals surface area contributed by atoms with Crippen molar-refractivity contribution in [3.63, 3.8) is 0 Å². The quantitative estimate of drug-likeness (QED) is 0.698. The molecule has 0 amide bonds. The summed E-state index contributed by atoms with van der Waals surface area (Å²) < 4.78 is 0. The van der Waals surface area contributed by atoms with E-state index >= 15 is 0 Å². The number of hydrogen-bond acceptors (Lipinski definition) is 3. The zero-order valence-electron chi connectivity index (χ0n) is 7.01. The molecule has 1 aromatic heterocycles. The third kappa shape index (κ3) is 2.03. The van der Waals surface area contributed by atoms with Crippen molar-refractivity contribution < 1.29 is 10.2 Å². The maximum atomic E-state index is 9.59. The summed E-state index contributed by atoms with van der Waals surface area (Å²) in [7, 11) is 0. The minimum absolute atomic E-state index is 0.0178. The molecule has 0 saturated carbocycles. The second-order valence-corrected chi connectivity index (χ2v) is 2.89. The van der Waals surface area contributed by atoms with Gasteiger partial charge in [0, 0.05) is 24.9 Å². The van der Waals surface area contributed by atoms with E-state index in [9.17, 15) is 5.11 Å². The Morgan fingerprint density at radius 1 is 1.58 bits per heavy atom. The molecule has 12 heavy (non-hydrogen) atoms. The van der Waals surface area contributed by atoms with Crippen LogP contribution in [0.5, 0.6) is 0 Å². The van der Waals surface area contributed by atoms with Crippen LogP contribution < -0.4 is 0 Å². The first-order valence-corrected chi connectivity index (χ1v) is 3.94. The van der Waals surface area contributed by atoms with E-state index in [0.29, 0.717) is 0 Å². The Labute approximate surface area is 71.7 Å². The lowest BCUT2D eigenvalue weighted by atomic mass is 10.00. The first-order valence-electron chi connectivity index (χ1n) is 3.94. The van der Waals surface area contributed by atoms with Crippen molar-refractivity contribution in [2.24, 2.45) is 5.92 Å². The number of rotatable bonds is 3. The SMILES string of the molecule is CC(CO)C(O)c1cccnc1. The molecule has 0 spiro atoms. The summed E-state index contributed by atoms with van der Waals surface area (Å²) in [6, 6.07) is 3.56. The predicted molar refractivity (Wildman–Crippen MR) is 45.4 cm³/mol.